The van der Waals surface area contributed by atoms with Gasteiger partial charge in [0.2, 0.25) is 0 Å². The fraction of sp³-hybridized carbons (Fsp3) is 0.320. The van der Waals surface area contributed by atoms with Crippen LogP contribution in [0.4, 0.5) is 4.39 Å². The first kappa shape index (κ1) is 20.4. The molecule has 32 heavy (non-hydrogen) atoms. The molecule has 1 aliphatic carbocycles. The molecule has 2 amide bonds. The standard InChI is InChI=1S/C25H25FN4O2/c26-20-10-4-5-11-22(20)30-21-12-6-9-19(21)23(28-30)25(32)29-15-13-18(14-16-29)27-24(31)17-7-2-1-3-8-17/h1-5,7-8,10-11,18H,6,9,12-16H2,(H,27,31). The summed E-state index contributed by atoms with van der Waals surface area (Å²) in [6, 6.07) is 15.7. The third-order valence-corrected chi connectivity index (χ3v) is 6.37. The van der Waals surface area contributed by atoms with Crippen molar-refractivity contribution in [2.24, 2.45) is 0 Å². The zero-order valence-electron chi connectivity index (χ0n) is 17.8. The Labute approximate surface area is 186 Å². The van der Waals surface area contributed by atoms with Gasteiger partial charge in [-0.05, 0) is 56.4 Å². The zero-order valence-corrected chi connectivity index (χ0v) is 17.8. The second kappa shape index (κ2) is 8.57. The molecule has 1 saturated heterocycles. The maximum Gasteiger partial charge on any atom is 0.274 e. The van der Waals surface area contributed by atoms with E-state index in [1.807, 2.05) is 18.2 Å². The normalized spacial score (nSPS) is 16.1. The molecule has 2 aliphatic rings. The SMILES string of the molecule is O=C(NC1CCN(C(=O)c2nn(-c3ccccc3F)c3c2CCC3)CC1)c1ccccc1. The van der Waals surface area contributed by atoms with Crippen molar-refractivity contribution in [2.45, 2.75) is 38.1 Å². The van der Waals surface area contributed by atoms with Crippen LogP contribution in [0.1, 0.15) is 51.4 Å². The lowest BCUT2D eigenvalue weighted by atomic mass is 10.0. The minimum absolute atomic E-state index is 0.0356. The number of likely N-dealkylation sites (tertiary alicyclic amines) is 1. The van der Waals surface area contributed by atoms with Gasteiger partial charge in [-0.3, -0.25) is 9.59 Å². The van der Waals surface area contributed by atoms with Gasteiger partial charge in [-0.15, -0.1) is 0 Å². The largest absolute Gasteiger partial charge is 0.349 e. The van der Waals surface area contributed by atoms with Crippen molar-refractivity contribution in [1.29, 1.82) is 0 Å². The first-order chi connectivity index (χ1) is 15.6. The highest BCUT2D eigenvalue weighted by Gasteiger charge is 2.32. The van der Waals surface area contributed by atoms with Crippen LogP contribution in [0.2, 0.25) is 0 Å². The lowest BCUT2D eigenvalue weighted by Gasteiger charge is -2.32. The molecule has 3 aromatic rings. The van der Waals surface area contributed by atoms with Gasteiger partial charge in [-0.25, -0.2) is 9.07 Å². The Morgan fingerprint density at radius 3 is 2.44 bits per heavy atom. The van der Waals surface area contributed by atoms with Crippen molar-refractivity contribution in [2.75, 3.05) is 13.1 Å². The molecular formula is C25H25FN4O2. The Bertz CT molecular complexity index is 1150. The summed E-state index contributed by atoms with van der Waals surface area (Å²) in [7, 11) is 0. The monoisotopic (exact) mass is 432 g/mol. The highest BCUT2D eigenvalue weighted by atomic mass is 19.1. The summed E-state index contributed by atoms with van der Waals surface area (Å²) in [5.74, 6) is -0.540. The topological polar surface area (TPSA) is 67.2 Å². The Morgan fingerprint density at radius 2 is 1.69 bits per heavy atom. The molecule has 0 bridgehead atoms. The molecule has 5 rings (SSSR count). The highest BCUT2D eigenvalue weighted by Crippen LogP contribution is 2.30. The third-order valence-electron chi connectivity index (χ3n) is 6.37. The van der Waals surface area contributed by atoms with Crippen LogP contribution in [0.3, 0.4) is 0 Å². The fourth-order valence-electron chi connectivity index (χ4n) is 4.67. The Balaban J connectivity index is 1.29. The molecule has 1 fully saturated rings. The van der Waals surface area contributed by atoms with Crippen LogP contribution >= 0.6 is 0 Å². The van der Waals surface area contributed by atoms with Gasteiger partial charge >= 0.3 is 0 Å². The van der Waals surface area contributed by atoms with E-state index in [1.54, 1.807) is 39.9 Å². The molecule has 2 heterocycles. The zero-order chi connectivity index (χ0) is 22.1. The fourth-order valence-corrected chi connectivity index (χ4v) is 4.67. The number of benzene rings is 2. The predicted octanol–water partition coefficient (Wildman–Crippen LogP) is 3.53. The summed E-state index contributed by atoms with van der Waals surface area (Å²) in [4.78, 5) is 27.5. The quantitative estimate of drug-likeness (QED) is 0.686. The smallest absolute Gasteiger partial charge is 0.274 e. The van der Waals surface area contributed by atoms with Gasteiger partial charge in [0, 0.05) is 36.0 Å². The van der Waals surface area contributed by atoms with E-state index in [1.165, 1.54) is 6.07 Å². The maximum atomic E-state index is 14.4. The summed E-state index contributed by atoms with van der Waals surface area (Å²) < 4.78 is 16.0. The highest BCUT2D eigenvalue weighted by molar-refractivity contribution is 5.95. The van der Waals surface area contributed by atoms with E-state index in [2.05, 4.69) is 10.4 Å². The van der Waals surface area contributed by atoms with Gasteiger partial charge < -0.3 is 10.2 Å². The molecule has 2 aromatic carbocycles. The third kappa shape index (κ3) is 3.79. The number of carbonyl (C=O) groups is 2. The van der Waals surface area contributed by atoms with Crippen molar-refractivity contribution < 1.29 is 14.0 Å². The second-order valence-electron chi connectivity index (χ2n) is 8.40. The van der Waals surface area contributed by atoms with E-state index in [9.17, 15) is 14.0 Å². The van der Waals surface area contributed by atoms with Crippen LogP contribution in [0, 0.1) is 5.82 Å². The average Bonchev–Trinajstić information content (AvgIpc) is 3.43. The molecular weight excluding hydrogens is 407 g/mol. The number of hydrogen-bond donors (Lipinski definition) is 1. The summed E-state index contributed by atoms with van der Waals surface area (Å²) in [5.41, 5.74) is 3.33. The molecule has 0 radical (unpaired) electrons. The van der Waals surface area contributed by atoms with E-state index in [0.29, 0.717) is 42.9 Å². The van der Waals surface area contributed by atoms with Gasteiger partial charge in [0.05, 0.1) is 0 Å². The summed E-state index contributed by atoms with van der Waals surface area (Å²) in [5, 5.41) is 7.63. The summed E-state index contributed by atoms with van der Waals surface area (Å²) in [6.07, 6.45) is 3.91. The van der Waals surface area contributed by atoms with E-state index >= 15 is 0 Å². The van der Waals surface area contributed by atoms with Crippen molar-refractivity contribution in [3.63, 3.8) is 0 Å². The number of fused-ring (bicyclic) bond motifs is 1. The Morgan fingerprint density at radius 1 is 0.969 bits per heavy atom. The molecule has 0 atom stereocenters. The number of amides is 2. The molecule has 6 nitrogen and oxygen atoms in total. The maximum absolute atomic E-state index is 14.4. The Hall–Kier alpha value is -3.48. The summed E-state index contributed by atoms with van der Waals surface area (Å²) >= 11 is 0. The first-order valence-electron chi connectivity index (χ1n) is 11.1. The van der Waals surface area contributed by atoms with Crippen LogP contribution in [0.15, 0.2) is 54.6 Å². The van der Waals surface area contributed by atoms with Gasteiger partial charge in [-0.2, -0.15) is 5.10 Å². The van der Waals surface area contributed by atoms with Crippen molar-refractivity contribution in [3.8, 4) is 5.69 Å². The number of carbonyl (C=O) groups excluding carboxylic acids is 2. The van der Waals surface area contributed by atoms with Crippen LogP contribution in [-0.4, -0.2) is 45.6 Å². The molecule has 164 valence electrons. The average molecular weight is 432 g/mol. The van der Waals surface area contributed by atoms with Crippen LogP contribution < -0.4 is 5.32 Å². The van der Waals surface area contributed by atoms with E-state index in [-0.39, 0.29) is 23.7 Å². The summed E-state index contributed by atoms with van der Waals surface area (Å²) in [6.45, 7) is 1.11. The minimum Gasteiger partial charge on any atom is -0.349 e. The van der Waals surface area contributed by atoms with E-state index < -0.39 is 0 Å². The van der Waals surface area contributed by atoms with Crippen molar-refractivity contribution >= 4 is 11.8 Å². The van der Waals surface area contributed by atoms with Crippen molar-refractivity contribution in [3.05, 3.63) is 82.9 Å². The molecule has 1 N–H and O–H groups in total. The lowest BCUT2D eigenvalue weighted by molar-refractivity contribution is 0.0691. The Kier molecular flexibility index (Phi) is 5.47. The predicted molar refractivity (Wildman–Crippen MR) is 118 cm³/mol. The lowest BCUT2D eigenvalue weighted by Crippen LogP contribution is -2.46. The molecule has 0 spiro atoms. The molecule has 0 saturated carbocycles. The first-order valence-corrected chi connectivity index (χ1v) is 11.1. The van der Waals surface area contributed by atoms with Crippen LogP contribution in [0.5, 0.6) is 0 Å². The number of halogens is 1. The number of nitrogens with one attached hydrogen (secondary N) is 1. The number of piperidine rings is 1. The van der Waals surface area contributed by atoms with E-state index in [0.717, 1.165) is 30.5 Å². The second-order valence-corrected chi connectivity index (χ2v) is 8.40. The molecule has 7 heteroatoms. The van der Waals surface area contributed by atoms with Gasteiger partial charge in [0.1, 0.15) is 11.5 Å². The van der Waals surface area contributed by atoms with Gasteiger partial charge in [0.15, 0.2) is 5.69 Å². The van der Waals surface area contributed by atoms with Crippen LogP contribution in [-0.2, 0) is 12.8 Å². The molecule has 1 aromatic heterocycles. The van der Waals surface area contributed by atoms with Gasteiger partial charge in [-0.1, -0.05) is 30.3 Å². The van der Waals surface area contributed by atoms with Crippen LogP contribution in [0.25, 0.3) is 5.69 Å². The number of para-hydroxylation sites is 1. The van der Waals surface area contributed by atoms with Gasteiger partial charge in [0.25, 0.3) is 11.8 Å². The molecule has 0 unspecified atom stereocenters. The minimum atomic E-state index is -0.348. The number of rotatable bonds is 4. The van der Waals surface area contributed by atoms with Crippen molar-refractivity contribution in [1.82, 2.24) is 20.0 Å². The molecule has 1 aliphatic heterocycles. The number of aromatic nitrogens is 2. The number of hydrogen-bond acceptors (Lipinski definition) is 3. The number of nitrogens with zero attached hydrogens (tertiary/aromatic N) is 3. The van der Waals surface area contributed by atoms with E-state index in [4.69, 9.17) is 0 Å².